The van der Waals surface area contributed by atoms with E-state index in [9.17, 15) is 4.79 Å². The Morgan fingerprint density at radius 3 is 2.82 bits per heavy atom. The number of nitrogens with zero attached hydrogens (tertiary/aromatic N) is 1. The largest absolute Gasteiger partial charge is 0.375 e. The molecule has 0 unspecified atom stereocenters. The van der Waals surface area contributed by atoms with Gasteiger partial charge in [-0.3, -0.25) is 4.79 Å². The molecule has 4 heteroatoms. The van der Waals surface area contributed by atoms with E-state index in [1.807, 2.05) is 17.9 Å². The topological polar surface area (TPSA) is 41.6 Å². The highest BCUT2D eigenvalue weighted by Crippen LogP contribution is 2.34. The highest BCUT2D eigenvalue weighted by Gasteiger charge is 2.31. The Morgan fingerprint density at radius 2 is 2.14 bits per heavy atom. The first-order valence-corrected chi connectivity index (χ1v) is 8.39. The molecule has 0 radical (unpaired) electrons. The Balaban J connectivity index is 1.50. The second kappa shape index (κ2) is 7.25. The van der Waals surface area contributed by atoms with Gasteiger partial charge < -0.3 is 15.0 Å². The van der Waals surface area contributed by atoms with E-state index in [0.717, 1.165) is 18.9 Å². The summed E-state index contributed by atoms with van der Waals surface area (Å²) in [7, 11) is 0. The summed E-state index contributed by atoms with van der Waals surface area (Å²) >= 11 is 0. The molecular weight excluding hydrogens is 276 g/mol. The highest BCUT2D eigenvalue weighted by molar-refractivity contribution is 5.78. The second-order valence-electron chi connectivity index (χ2n) is 6.54. The van der Waals surface area contributed by atoms with E-state index in [1.165, 1.54) is 18.4 Å². The van der Waals surface area contributed by atoms with Crippen LogP contribution in [0.2, 0.25) is 0 Å². The predicted octanol–water partition coefficient (Wildman–Crippen LogP) is 1.84. The molecule has 1 amide bonds. The summed E-state index contributed by atoms with van der Waals surface area (Å²) in [5, 5.41) is 3.51. The minimum Gasteiger partial charge on any atom is -0.375 e. The first-order valence-electron chi connectivity index (χ1n) is 8.39. The summed E-state index contributed by atoms with van der Waals surface area (Å²) in [5.41, 5.74) is 1.35. The van der Waals surface area contributed by atoms with Crippen molar-refractivity contribution >= 4 is 5.91 Å². The molecule has 1 saturated heterocycles. The van der Waals surface area contributed by atoms with E-state index in [1.54, 1.807) is 0 Å². The zero-order valence-corrected chi connectivity index (χ0v) is 13.3. The van der Waals surface area contributed by atoms with Crippen LogP contribution < -0.4 is 5.32 Å². The average Bonchev–Trinajstić information content (AvgIpc) is 3.37. The molecule has 2 fully saturated rings. The molecule has 0 bridgehead atoms. The van der Waals surface area contributed by atoms with Crippen LogP contribution in [-0.4, -0.2) is 49.2 Å². The lowest BCUT2D eigenvalue weighted by Crippen LogP contribution is -2.49. The van der Waals surface area contributed by atoms with Crippen LogP contribution in [0, 0.1) is 5.92 Å². The van der Waals surface area contributed by atoms with E-state index in [0.29, 0.717) is 25.7 Å². The highest BCUT2D eigenvalue weighted by atomic mass is 16.5. The fourth-order valence-corrected chi connectivity index (χ4v) is 3.15. The number of morpholine rings is 1. The zero-order valence-electron chi connectivity index (χ0n) is 13.3. The van der Waals surface area contributed by atoms with Crippen molar-refractivity contribution < 1.29 is 9.53 Å². The first kappa shape index (κ1) is 15.5. The van der Waals surface area contributed by atoms with Gasteiger partial charge in [-0.1, -0.05) is 30.3 Å². The minimum absolute atomic E-state index is 0.154. The van der Waals surface area contributed by atoms with Crippen molar-refractivity contribution in [2.75, 3.05) is 26.2 Å². The Morgan fingerprint density at radius 1 is 1.36 bits per heavy atom. The third-order valence-electron chi connectivity index (χ3n) is 4.60. The van der Waals surface area contributed by atoms with Crippen LogP contribution in [0.1, 0.15) is 25.3 Å². The molecular formula is C18H26N2O2. The molecule has 22 heavy (non-hydrogen) atoms. The summed E-state index contributed by atoms with van der Waals surface area (Å²) in [6.45, 7) is 4.56. The molecule has 0 aromatic heterocycles. The number of benzene rings is 1. The summed E-state index contributed by atoms with van der Waals surface area (Å²) in [6.07, 6.45) is 3.74. The number of rotatable bonds is 6. The molecule has 1 aliphatic carbocycles. The molecule has 0 spiro atoms. The second-order valence-corrected chi connectivity index (χ2v) is 6.54. The Labute approximate surface area is 132 Å². The fourth-order valence-electron chi connectivity index (χ4n) is 3.15. The van der Waals surface area contributed by atoms with Gasteiger partial charge in [-0.15, -0.1) is 0 Å². The molecule has 1 N–H and O–H groups in total. The van der Waals surface area contributed by atoms with Crippen molar-refractivity contribution in [2.45, 2.75) is 38.3 Å². The molecule has 120 valence electrons. The van der Waals surface area contributed by atoms with Gasteiger partial charge in [0.2, 0.25) is 5.91 Å². The molecule has 1 aliphatic heterocycles. The van der Waals surface area contributed by atoms with Gasteiger partial charge in [0.25, 0.3) is 0 Å². The van der Waals surface area contributed by atoms with Crippen molar-refractivity contribution in [3.63, 3.8) is 0 Å². The van der Waals surface area contributed by atoms with Crippen molar-refractivity contribution in [1.29, 1.82) is 0 Å². The number of hydrogen-bond donors (Lipinski definition) is 1. The predicted molar refractivity (Wildman–Crippen MR) is 86.7 cm³/mol. The average molecular weight is 302 g/mol. The van der Waals surface area contributed by atoms with Crippen LogP contribution in [0.3, 0.4) is 0 Å². The van der Waals surface area contributed by atoms with Crippen LogP contribution in [-0.2, 0) is 16.0 Å². The Kier molecular flexibility index (Phi) is 5.11. The van der Waals surface area contributed by atoms with Gasteiger partial charge in [0.15, 0.2) is 0 Å². The zero-order chi connectivity index (χ0) is 15.4. The van der Waals surface area contributed by atoms with Crippen LogP contribution in [0.15, 0.2) is 30.3 Å². The molecule has 4 nitrogen and oxygen atoms in total. The van der Waals surface area contributed by atoms with Crippen molar-refractivity contribution in [3.8, 4) is 0 Å². The first-order chi connectivity index (χ1) is 10.7. The molecule has 1 heterocycles. The minimum atomic E-state index is 0.154. The molecule has 2 aliphatic rings. The monoisotopic (exact) mass is 302 g/mol. The number of carbonyl (C=O) groups excluding carboxylic acids is 1. The third kappa shape index (κ3) is 4.31. The van der Waals surface area contributed by atoms with E-state index in [-0.39, 0.29) is 12.0 Å². The van der Waals surface area contributed by atoms with Gasteiger partial charge in [0, 0.05) is 19.1 Å². The van der Waals surface area contributed by atoms with Crippen LogP contribution in [0.25, 0.3) is 0 Å². The maximum absolute atomic E-state index is 12.4. The number of hydrogen-bond acceptors (Lipinski definition) is 3. The summed E-state index contributed by atoms with van der Waals surface area (Å²) < 4.78 is 5.50. The van der Waals surface area contributed by atoms with Gasteiger partial charge >= 0.3 is 0 Å². The van der Waals surface area contributed by atoms with Crippen LogP contribution in [0.4, 0.5) is 0 Å². The molecule has 3 rings (SSSR count). The Bertz CT molecular complexity index is 487. The van der Waals surface area contributed by atoms with Gasteiger partial charge in [-0.2, -0.15) is 0 Å². The van der Waals surface area contributed by atoms with E-state index in [2.05, 4.69) is 29.6 Å². The summed E-state index contributed by atoms with van der Waals surface area (Å²) in [5.74, 6) is 0.936. The Hall–Kier alpha value is -1.39. The third-order valence-corrected chi connectivity index (χ3v) is 4.60. The smallest absolute Gasteiger partial charge is 0.236 e. The molecule has 2 atom stereocenters. The SMILES string of the molecule is C[C@H]1CN(C(=O)CN[C@@H](Cc2ccccc2)C2CC2)CCO1. The maximum atomic E-state index is 12.4. The van der Waals surface area contributed by atoms with Gasteiger partial charge in [0.1, 0.15) is 0 Å². The maximum Gasteiger partial charge on any atom is 0.236 e. The van der Waals surface area contributed by atoms with Crippen molar-refractivity contribution in [2.24, 2.45) is 5.92 Å². The van der Waals surface area contributed by atoms with Gasteiger partial charge in [-0.25, -0.2) is 0 Å². The fraction of sp³-hybridized carbons (Fsp3) is 0.611. The van der Waals surface area contributed by atoms with Crippen LogP contribution >= 0.6 is 0 Å². The number of nitrogens with one attached hydrogen (secondary N) is 1. The quantitative estimate of drug-likeness (QED) is 0.872. The number of carbonyl (C=O) groups is 1. The summed E-state index contributed by atoms with van der Waals surface area (Å²) in [4.78, 5) is 14.3. The number of ether oxygens (including phenoxy) is 1. The van der Waals surface area contributed by atoms with Crippen molar-refractivity contribution in [3.05, 3.63) is 35.9 Å². The lowest BCUT2D eigenvalue weighted by Gasteiger charge is -2.31. The van der Waals surface area contributed by atoms with E-state index >= 15 is 0 Å². The lowest BCUT2D eigenvalue weighted by molar-refractivity contribution is -0.137. The number of amides is 1. The molecule has 1 saturated carbocycles. The van der Waals surface area contributed by atoms with E-state index in [4.69, 9.17) is 4.74 Å². The summed E-state index contributed by atoms with van der Waals surface area (Å²) in [6, 6.07) is 11.0. The van der Waals surface area contributed by atoms with E-state index < -0.39 is 0 Å². The normalized spacial score (nSPS) is 23.3. The standard InChI is InChI=1S/C18H26N2O2/c1-14-13-20(9-10-22-14)18(21)12-19-17(16-7-8-16)11-15-5-3-2-4-6-15/h2-6,14,16-17,19H,7-13H2,1H3/t14-,17-/m0/s1. The van der Waals surface area contributed by atoms with Gasteiger partial charge in [0.05, 0.1) is 19.3 Å². The van der Waals surface area contributed by atoms with Gasteiger partial charge in [-0.05, 0) is 37.7 Å². The lowest BCUT2D eigenvalue weighted by atomic mass is 10.0. The molecule has 1 aromatic rings. The van der Waals surface area contributed by atoms with Crippen molar-refractivity contribution in [1.82, 2.24) is 10.2 Å². The molecule has 1 aromatic carbocycles. The van der Waals surface area contributed by atoms with Crippen LogP contribution in [0.5, 0.6) is 0 Å².